The van der Waals surface area contributed by atoms with E-state index in [1.54, 1.807) is 6.20 Å². The Bertz CT molecular complexity index is 620. The first-order valence-electron chi connectivity index (χ1n) is 7.97. The van der Waals surface area contributed by atoms with Crippen LogP contribution >= 0.6 is 15.9 Å². The molecule has 1 aromatic carbocycles. The first kappa shape index (κ1) is 18.6. The quantitative estimate of drug-likeness (QED) is 0.563. The molecule has 5 heteroatoms. The second kappa shape index (κ2) is 10.2. The van der Waals surface area contributed by atoms with Crippen molar-refractivity contribution in [1.29, 1.82) is 0 Å². The molecule has 4 nitrogen and oxygen atoms in total. The molecule has 1 heterocycles. The summed E-state index contributed by atoms with van der Waals surface area (Å²) in [6.07, 6.45) is 5.38. The van der Waals surface area contributed by atoms with E-state index in [9.17, 15) is 0 Å². The minimum atomic E-state index is -0.301. The highest BCUT2D eigenvalue weighted by molar-refractivity contribution is 9.10. The van der Waals surface area contributed by atoms with E-state index in [4.69, 9.17) is 14.2 Å². The summed E-state index contributed by atoms with van der Waals surface area (Å²) in [6, 6.07) is 11.8. The molecular weight excluding hydrogens is 370 g/mol. The molecule has 0 radical (unpaired) electrons. The Morgan fingerprint density at radius 3 is 2.33 bits per heavy atom. The Morgan fingerprint density at radius 2 is 1.75 bits per heavy atom. The van der Waals surface area contributed by atoms with Crippen molar-refractivity contribution in [1.82, 2.24) is 4.98 Å². The lowest BCUT2D eigenvalue weighted by molar-refractivity contribution is -0.140. The molecule has 0 atom stereocenters. The van der Waals surface area contributed by atoms with E-state index >= 15 is 0 Å². The summed E-state index contributed by atoms with van der Waals surface area (Å²) in [5.41, 5.74) is 2.11. The van der Waals surface area contributed by atoms with Crippen LogP contribution in [0, 0.1) is 0 Å². The number of ether oxygens (including phenoxy) is 3. The first-order chi connectivity index (χ1) is 11.7. The van der Waals surface area contributed by atoms with E-state index in [2.05, 4.69) is 20.9 Å². The van der Waals surface area contributed by atoms with Crippen molar-refractivity contribution < 1.29 is 14.2 Å². The van der Waals surface area contributed by atoms with Gasteiger partial charge < -0.3 is 14.2 Å². The van der Waals surface area contributed by atoms with Crippen LogP contribution in [0.5, 0.6) is 5.88 Å². The van der Waals surface area contributed by atoms with Crippen molar-refractivity contribution in [3.8, 4) is 5.88 Å². The highest BCUT2D eigenvalue weighted by atomic mass is 79.9. The average Bonchev–Trinajstić information content (AvgIpc) is 2.61. The Balaban J connectivity index is 1.87. The maximum Gasteiger partial charge on any atom is 0.213 e. The largest absolute Gasteiger partial charge is 0.473 e. The van der Waals surface area contributed by atoms with Crippen molar-refractivity contribution in [2.45, 2.75) is 20.1 Å². The third-order valence-electron chi connectivity index (χ3n) is 3.18. The summed E-state index contributed by atoms with van der Waals surface area (Å²) in [6.45, 7) is 5.63. The molecule has 2 aromatic rings. The zero-order chi connectivity index (χ0) is 17.2. The lowest BCUT2D eigenvalue weighted by Crippen LogP contribution is -2.08. The van der Waals surface area contributed by atoms with Gasteiger partial charge in [0.25, 0.3) is 0 Å². The molecule has 0 N–H and O–H groups in total. The lowest BCUT2D eigenvalue weighted by Gasteiger charge is -2.17. The highest BCUT2D eigenvalue weighted by Crippen LogP contribution is 2.20. The van der Waals surface area contributed by atoms with Gasteiger partial charge >= 0.3 is 0 Å². The van der Waals surface area contributed by atoms with Crippen LogP contribution in [-0.2, 0) is 9.47 Å². The van der Waals surface area contributed by atoms with Crippen LogP contribution in [0.4, 0.5) is 0 Å². The van der Waals surface area contributed by atoms with E-state index in [1.807, 2.05) is 62.4 Å². The van der Waals surface area contributed by atoms with Crippen molar-refractivity contribution in [3.05, 3.63) is 64.3 Å². The van der Waals surface area contributed by atoms with E-state index in [0.29, 0.717) is 25.7 Å². The Labute approximate surface area is 151 Å². The van der Waals surface area contributed by atoms with Gasteiger partial charge in [-0.25, -0.2) is 4.98 Å². The van der Waals surface area contributed by atoms with Gasteiger partial charge in [0.2, 0.25) is 5.88 Å². The van der Waals surface area contributed by atoms with Crippen molar-refractivity contribution in [2.24, 2.45) is 0 Å². The molecule has 0 amide bonds. The molecule has 1 aromatic heterocycles. The number of rotatable bonds is 9. The van der Waals surface area contributed by atoms with Gasteiger partial charge in [0.1, 0.15) is 6.61 Å². The molecule has 0 spiro atoms. The Hall–Kier alpha value is -1.69. The van der Waals surface area contributed by atoms with E-state index in [-0.39, 0.29) is 6.29 Å². The molecule has 24 heavy (non-hydrogen) atoms. The fourth-order valence-electron chi connectivity index (χ4n) is 2.07. The van der Waals surface area contributed by atoms with E-state index in [0.717, 1.165) is 15.6 Å². The predicted octanol–water partition coefficient (Wildman–Crippen LogP) is 5.01. The molecule has 0 unspecified atom stereocenters. The summed E-state index contributed by atoms with van der Waals surface area (Å²) < 4.78 is 17.7. The molecule has 0 fully saturated rings. The third kappa shape index (κ3) is 6.07. The van der Waals surface area contributed by atoms with Gasteiger partial charge in [-0.1, -0.05) is 30.3 Å². The zero-order valence-corrected chi connectivity index (χ0v) is 15.5. The minimum absolute atomic E-state index is 0.301. The molecule has 0 saturated carbocycles. The van der Waals surface area contributed by atoms with Gasteiger partial charge in [-0.3, -0.25) is 0 Å². The second-order valence-corrected chi connectivity index (χ2v) is 5.85. The second-order valence-electron chi connectivity index (χ2n) is 4.94. The lowest BCUT2D eigenvalue weighted by atomic mass is 10.1. The molecule has 2 rings (SSSR count). The van der Waals surface area contributed by atoms with Gasteiger partial charge in [0.15, 0.2) is 6.29 Å². The van der Waals surface area contributed by atoms with Gasteiger partial charge in [0.05, 0.1) is 0 Å². The number of halogens is 1. The fourth-order valence-corrected chi connectivity index (χ4v) is 2.31. The van der Waals surface area contributed by atoms with Crippen LogP contribution in [0.15, 0.2) is 53.1 Å². The highest BCUT2D eigenvalue weighted by Gasteiger charge is 2.10. The standard InChI is InChI=1S/C19H22BrNO3/c1-3-22-19(23-4-2)16-9-7-15(8-10-16)6-5-13-24-18-12-11-17(20)14-21-18/h5-12,14,19H,3-4,13H2,1-2H3/b6-5+. The monoisotopic (exact) mass is 391 g/mol. The maximum atomic E-state index is 5.59. The molecular formula is C19H22BrNO3. The smallest absolute Gasteiger partial charge is 0.213 e. The average molecular weight is 392 g/mol. The van der Waals surface area contributed by atoms with Crippen LogP contribution in [-0.4, -0.2) is 24.8 Å². The Morgan fingerprint density at radius 1 is 1.04 bits per heavy atom. The number of benzene rings is 1. The van der Waals surface area contributed by atoms with Crippen molar-refractivity contribution >= 4 is 22.0 Å². The van der Waals surface area contributed by atoms with E-state index < -0.39 is 0 Å². The predicted molar refractivity (Wildman–Crippen MR) is 98.9 cm³/mol. The number of aromatic nitrogens is 1. The maximum absolute atomic E-state index is 5.59. The van der Waals surface area contributed by atoms with Crippen LogP contribution in [0.25, 0.3) is 6.08 Å². The summed E-state index contributed by atoms with van der Waals surface area (Å²) >= 11 is 3.34. The number of nitrogens with zero attached hydrogens (tertiary/aromatic N) is 1. The topological polar surface area (TPSA) is 40.6 Å². The number of pyridine rings is 1. The number of hydrogen-bond acceptors (Lipinski definition) is 4. The summed E-state index contributed by atoms with van der Waals surface area (Å²) in [4.78, 5) is 4.16. The minimum Gasteiger partial charge on any atom is -0.473 e. The molecule has 128 valence electrons. The molecule has 0 bridgehead atoms. The molecule has 0 saturated heterocycles. The SMILES string of the molecule is CCOC(OCC)c1ccc(/C=C/COc2ccc(Br)cn2)cc1. The Kier molecular flexibility index (Phi) is 7.95. The molecule has 0 aliphatic heterocycles. The first-order valence-corrected chi connectivity index (χ1v) is 8.76. The number of hydrogen-bond donors (Lipinski definition) is 0. The van der Waals surface area contributed by atoms with Gasteiger partial charge in [-0.2, -0.15) is 0 Å². The summed E-state index contributed by atoms with van der Waals surface area (Å²) in [5, 5.41) is 0. The fraction of sp³-hybridized carbons (Fsp3) is 0.316. The normalized spacial score (nSPS) is 11.3. The molecule has 0 aliphatic carbocycles. The van der Waals surface area contributed by atoms with Gasteiger partial charge in [-0.05, 0) is 47.5 Å². The van der Waals surface area contributed by atoms with Crippen LogP contribution in [0.1, 0.15) is 31.3 Å². The zero-order valence-electron chi connectivity index (χ0n) is 13.9. The van der Waals surface area contributed by atoms with Crippen molar-refractivity contribution in [2.75, 3.05) is 19.8 Å². The van der Waals surface area contributed by atoms with Gasteiger partial charge in [-0.15, -0.1) is 0 Å². The summed E-state index contributed by atoms with van der Waals surface area (Å²) in [7, 11) is 0. The van der Waals surface area contributed by atoms with E-state index in [1.165, 1.54) is 0 Å². The van der Waals surface area contributed by atoms with Crippen molar-refractivity contribution in [3.63, 3.8) is 0 Å². The van der Waals surface area contributed by atoms with Crippen LogP contribution < -0.4 is 4.74 Å². The molecule has 0 aliphatic rings. The third-order valence-corrected chi connectivity index (χ3v) is 3.65. The van der Waals surface area contributed by atoms with Crippen LogP contribution in [0.3, 0.4) is 0 Å². The summed E-state index contributed by atoms with van der Waals surface area (Å²) in [5.74, 6) is 0.606. The van der Waals surface area contributed by atoms with Gasteiger partial charge in [0, 0.05) is 35.5 Å². The van der Waals surface area contributed by atoms with Crippen LogP contribution in [0.2, 0.25) is 0 Å².